The van der Waals surface area contributed by atoms with Crippen LogP contribution in [-0.2, 0) is 19.6 Å². The van der Waals surface area contributed by atoms with Crippen LogP contribution in [0, 0.1) is 11.8 Å². The molecule has 0 aliphatic carbocycles. The molecule has 0 aromatic heterocycles. The number of esters is 1. The topological polar surface area (TPSA) is 98.5 Å². The van der Waals surface area contributed by atoms with E-state index in [4.69, 9.17) is 28.9 Å². The van der Waals surface area contributed by atoms with E-state index in [2.05, 4.69) is 16.6 Å². The van der Waals surface area contributed by atoms with E-state index in [9.17, 15) is 13.2 Å². The number of carbonyl (C=O) groups excluding carboxylic acids is 1. The molecule has 6 nitrogen and oxygen atoms in total. The second-order valence-electron chi connectivity index (χ2n) is 3.68. The molecule has 0 fully saturated rings. The first-order valence-electron chi connectivity index (χ1n) is 5.56. The summed E-state index contributed by atoms with van der Waals surface area (Å²) >= 11 is 11.9. The highest BCUT2D eigenvalue weighted by molar-refractivity contribution is 7.89. The highest BCUT2D eigenvalue weighted by Crippen LogP contribution is 2.30. The first-order chi connectivity index (χ1) is 9.81. The molecule has 3 N–H and O–H groups in total. The molecule has 0 spiro atoms. The van der Waals surface area contributed by atoms with Gasteiger partial charge in [-0.3, -0.25) is 4.79 Å². The monoisotopic (exact) mass is 350 g/mol. The van der Waals surface area contributed by atoms with Crippen LogP contribution in [0.3, 0.4) is 0 Å². The second-order valence-corrected chi connectivity index (χ2v) is 6.19. The Hall–Kier alpha value is -1.30. The van der Waals surface area contributed by atoms with Crippen molar-refractivity contribution in [2.24, 2.45) is 5.73 Å². The molecule has 0 bridgehead atoms. The predicted molar refractivity (Wildman–Crippen MR) is 79.6 cm³/mol. The fraction of sp³-hybridized carbons (Fsp3) is 0.250. The lowest BCUT2D eigenvalue weighted by Gasteiger charge is -2.10. The van der Waals surface area contributed by atoms with Gasteiger partial charge >= 0.3 is 5.97 Å². The molecule has 1 rings (SSSR count). The number of carbonyl (C=O) groups is 1. The lowest BCUT2D eigenvalue weighted by Crippen LogP contribution is -2.30. The Balaban J connectivity index is 3.16. The van der Waals surface area contributed by atoms with Gasteiger partial charge in [-0.05, 0) is 12.1 Å². The molecule has 0 saturated heterocycles. The zero-order valence-electron chi connectivity index (χ0n) is 10.9. The van der Waals surface area contributed by atoms with E-state index in [-0.39, 0.29) is 21.5 Å². The number of nitrogens with two attached hydrogens (primary N) is 1. The van der Waals surface area contributed by atoms with E-state index in [1.54, 1.807) is 0 Å². The molecule has 0 radical (unpaired) electrons. The fourth-order valence-corrected chi connectivity index (χ4v) is 3.52. The van der Waals surface area contributed by atoms with Crippen LogP contribution < -0.4 is 10.5 Å². The van der Waals surface area contributed by atoms with Gasteiger partial charge in [0.2, 0.25) is 10.0 Å². The molecule has 0 aliphatic heterocycles. The molecule has 9 heteroatoms. The summed E-state index contributed by atoms with van der Waals surface area (Å²) in [4.78, 5) is 10.7. The molecule has 0 amide bonds. The SMILES string of the molecule is COC(=O)CNS(=O)(=O)c1c(Cl)cc(C#CCN)cc1Cl. The number of ether oxygens (including phenoxy) is 1. The molecule has 0 unspecified atom stereocenters. The van der Waals surface area contributed by atoms with Crippen molar-refractivity contribution in [2.75, 3.05) is 20.2 Å². The van der Waals surface area contributed by atoms with Crippen LogP contribution in [-0.4, -0.2) is 34.6 Å². The second kappa shape index (κ2) is 7.64. The summed E-state index contributed by atoms with van der Waals surface area (Å²) in [5.74, 6) is 4.55. The first-order valence-corrected chi connectivity index (χ1v) is 7.80. The van der Waals surface area contributed by atoms with Crippen molar-refractivity contribution in [3.8, 4) is 11.8 Å². The Bertz CT molecular complexity index is 685. The van der Waals surface area contributed by atoms with E-state index in [0.29, 0.717) is 5.56 Å². The van der Waals surface area contributed by atoms with E-state index >= 15 is 0 Å². The third kappa shape index (κ3) is 4.88. The molecule has 0 saturated carbocycles. The average Bonchev–Trinajstić information content (AvgIpc) is 2.41. The summed E-state index contributed by atoms with van der Waals surface area (Å²) in [7, 11) is -2.91. The number of benzene rings is 1. The van der Waals surface area contributed by atoms with E-state index in [1.807, 2.05) is 4.72 Å². The number of rotatable bonds is 4. The zero-order chi connectivity index (χ0) is 16.0. The summed E-state index contributed by atoms with van der Waals surface area (Å²) in [6.07, 6.45) is 0. The summed E-state index contributed by atoms with van der Waals surface area (Å²) in [5.41, 5.74) is 5.68. The molecule has 21 heavy (non-hydrogen) atoms. The maximum absolute atomic E-state index is 12.1. The van der Waals surface area contributed by atoms with Crippen molar-refractivity contribution < 1.29 is 17.9 Å². The summed E-state index contributed by atoms with van der Waals surface area (Å²) < 4.78 is 30.5. The van der Waals surface area contributed by atoms with Crippen LogP contribution >= 0.6 is 23.2 Å². The van der Waals surface area contributed by atoms with E-state index in [1.165, 1.54) is 12.1 Å². The number of hydrogen-bond donors (Lipinski definition) is 2. The van der Waals surface area contributed by atoms with Gasteiger partial charge in [-0.25, -0.2) is 8.42 Å². The molecule has 1 aromatic rings. The van der Waals surface area contributed by atoms with Gasteiger partial charge in [0.15, 0.2) is 0 Å². The smallest absolute Gasteiger partial charge is 0.320 e. The first kappa shape index (κ1) is 17.8. The van der Waals surface area contributed by atoms with E-state index in [0.717, 1.165) is 7.11 Å². The van der Waals surface area contributed by atoms with Gasteiger partial charge < -0.3 is 10.5 Å². The quantitative estimate of drug-likeness (QED) is 0.616. The largest absolute Gasteiger partial charge is 0.468 e. The molecule has 1 aromatic carbocycles. The zero-order valence-corrected chi connectivity index (χ0v) is 13.3. The van der Waals surface area contributed by atoms with Crippen molar-refractivity contribution in [3.63, 3.8) is 0 Å². The predicted octanol–water partition coefficient (Wildman–Crippen LogP) is 0.755. The standard InChI is InChI=1S/C12H12Cl2N2O4S/c1-20-11(17)7-16-21(18,19)12-9(13)5-8(3-2-4-15)6-10(12)14/h5-6,16H,4,7,15H2,1H3. The van der Waals surface area contributed by atoms with Crippen molar-refractivity contribution in [1.29, 1.82) is 0 Å². The minimum Gasteiger partial charge on any atom is -0.468 e. The Morgan fingerprint density at radius 2 is 1.95 bits per heavy atom. The molecular weight excluding hydrogens is 339 g/mol. The Morgan fingerprint density at radius 1 is 1.38 bits per heavy atom. The van der Waals surface area contributed by atoms with Crippen LogP contribution in [0.15, 0.2) is 17.0 Å². The van der Waals surface area contributed by atoms with Crippen molar-refractivity contribution in [2.45, 2.75) is 4.90 Å². The lowest BCUT2D eigenvalue weighted by atomic mass is 10.2. The van der Waals surface area contributed by atoms with Gasteiger partial charge in [-0.1, -0.05) is 35.0 Å². The normalized spacial score (nSPS) is 10.7. The minimum atomic E-state index is -4.05. The minimum absolute atomic E-state index is 0.110. The lowest BCUT2D eigenvalue weighted by molar-refractivity contribution is -0.139. The molecule has 0 heterocycles. The van der Waals surface area contributed by atoms with Crippen LogP contribution in [0.4, 0.5) is 0 Å². The van der Waals surface area contributed by atoms with Crippen molar-refractivity contribution >= 4 is 39.2 Å². The Kier molecular flexibility index (Phi) is 6.45. The van der Waals surface area contributed by atoms with E-state index < -0.39 is 22.5 Å². The molecular formula is C12H12Cl2N2O4S. The number of sulfonamides is 1. The number of hydrogen-bond acceptors (Lipinski definition) is 5. The van der Waals surface area contributed by atoms with Crippen LogP contribution in [0.5, 0.6) is 0 Å². The van der Waals surface area contributed by atoms with Crippen LogP contribution in [0.2, 0.25) is 10.0 Å². The molecule has 114 valence electrons. The van der Waals surface area contributed by atoms with Crippen LogP contribution in [0.1, 0.15) is 5.56 Å². The number of methoxy groups -OCH3 is 1. The third-order valence-corrected chi connectivity index (χ3v) is 4.56. The van der Waals surface area contributed by atoms with Gasteiger partial charge in [0.25, 0.3) is 0 Å². The van der Waals surface area contributed by atoms with Gasteiger partial charge in [-0.2, -0.15) is 4.72 Å². The van der Waals surface area contributed by atoms with Gasteiger partial charge in [-0.15, -0.1) is 0 Å². The third-order valence-electron chi connectivity index (χ3n) is 2.24. The summed E-state index contributed by atoms with van der Waals surface area (Å²) in [6, 6.07) is 2.70. The number of halogens is 2. The molecule has 0 aliphatic rings. The summed E-state index contributed by atoms with van der Waals surface area (Å²) in [5, 5.41) is -0.220. The average molecular weight is 351 g/mol. The highest BCUT2D eigenvalue weighted by atomic mass is 35.5. The van der Waals surface area contributed by atoms with Crippen molar-refractivity contribution in [3.05, 3.63) is 27.7 Å². The van der Waals surface area contributed by atoms with Gasteiger partial charge in [0.05, 0.1) is 23.7 Å². The van der Waals surface area contributed by atoms with Crippen LogP contribution in [0.25, 0.3) is 0 Å². The van der Waals surface area contributed by atoms with Gasteiger partial charge in [0.1, 0.15) is 11.4 Å². The Morgan fingerprint density at radius 3 is 2.43 bits per heavy atom. The summed E-state index contributed by atoms with van der Waals surface area (Å²) in [6.45, 7) is -0.379. The maximum Gasteiger partial charge on any atom is 0.320 e. The van der Waals surface area contributed by atoms with Gasteiger partial charge in [0, 0.05) is 5.56 Å². The molecule has 0 atom stereocenters. The number of nitrogens with one attached hydrogen (secondary N) is 1. The fourth-order valence-electron chi connectivity index (χ4n) is 1.34. The Labute approximate surface area is 132 Å². The van der Waals surface area contributed by atoms with Crippen molar-refractivity contribution in [1.82, 2.24) is 4.72 Å². The highest BCUT2D eigenvalue weighted by Gasteiger charge is 2.23. The maximum atomic E-state index is 12.1.